The Bertz CT molecular complexity index is 575. The fourth-order valence-electron chi connectivity index (χ4n) is 1.32. The van der Waals surface area contributed by atoms with Crippen LogP contribution < -0.4 is 5.32 Å². The first kappa shape index (κ1) is 12.4. The molecule has 18 heavy (non-hydrogen) atoms. The summed E-state index contributed by atoms with van der Waals surface area (Å²) in [4.78, 5) is 27.5. The second kappa shape index (κ2) is 5.50. The van der Waals surface area contributed by atoms with E-state index in [2.05, 4.69) is 25.3 Å². The lowest BCUT2D eigenvalue weighted by molar-refractivity contribution is 0.0945. The van der Waals surface area contributed by atoms with Crippen molar-refractivity contribution < 1.29 is 4.79 Å². The van der Waals surface area contributed by atoms with Crippen molar-refractivity contribution in [2.24, 2.45) is 0 Å². The lowest BCUT2D eigenvalue weighted by atomic mass is 10.3. The van der Waals surface area contributed by atoms with Crippen molar-refractivity contribution in [1.29, 1.82) is 0 Å². The van der Waals surface area contributed by atoms with E-state index in [0.29, 0.717) is 12.4 Å². The van der Waals surface area contributed by atoms with Crippen molar-refractivity contribution >= 4 is 17.5 Å². The van der Waals surface area contributed by atoms with Gasteiger partial charge in [-0.1, -0.05) is 11.6 Å². The quantitative estimate of drug-likeness (QED) is 0.899. The molecule has 0 aromatic carbocycles. The zero-order chi connectivity index (χ0) is 13.0. The van der Waals surface area contributed by atoms with Gasteiger partial charge in [0.2, 0.25) is 0 Å². The summed E-state index contributed by atoms with van der Waals surface area (Å²) in [6.07, 6.45) is 4.36. The number of halogens is 1. The summed E-state index contributed by atoms with van der Waals surface area (Å²) in [5.41, 5.74) is 0.902. The Hall–Kier alpha value is -2.08. The zero-order valence-electron chi connectivity index (χ0n) is 9.59. The molecule has 6 nitrogen and oxygen atoms in total. The van der Waals surface area contributed by atoms with Crippen LogP contribution in [0.1, 0.15) is 22.0 Å². The highest BCUT2D eigenvalue weighted by Gasteiger charge is 2.08. The second-order valence-electron chi connectivity index (χ2n) is 3.50. The Labute approximate surface area is 108 Å². The maximum atomic E-state index is 11.7. The van der Waals surface area contributed by atoms with Crippen LogP contribution in [0.15, 0.2) is 24.7 Å². The number of nitrogens with zero attached hydrogens (tertiary/aromatic N) is 4. The van der Waals surface area contributed by atoms with Crippen molar-refractivity contribution in [3.63, 3.8) is 0 Å². The molecule has 1 amide bonds. The molecule has 2 heterocycles. The van der Waals surface area contributed by atoms with E-state index in [1.54, 1.807) is 19.2 Å². The summed E-state index contributed by atoms with van der Waals surface area (Å²) in [7, 11) is 0. The number of carbonyl (C=O) groups is 1. The van der Waals surface area contributed by atoms with Crippen LogP contribution in [0.5, 0.6) is 0 Å². The highest BCUT2D eigenvalue weighted by Crippen LogP contribution is 2.02. The van der Waals surface area contributed by atoms with Gasteiger partial charge in [-0.3, -0.25) is 9.78 Å². The van der Waals surface area contributed by atoms with Gasteiger partial charge in [0.05, 0.1) is 24.6 Å². The summed E-state index contributed by atoms with van der Waals surface area (Å²) in [5, 5.41) is 2.86. The van der Waals surface area contributed by atoms with Gasteiger partial charge >= 0.3 is 0 Å². The number of aromatic nitrogens is 4. The van der Waals surface area contributed by atoms with Crippen molar-refractivity contribution in [2.45, 2.75) is 13.5 Å². The maximum Gasteiger partial charge on any atom is 0.271 e. The van der Waals surface area contributed by atoms with Crippen molar-refractivity contribution in [3.8, 4) is 0 Å². The topological polar surface area (TPSA) is 80.7 Å². The summed E-state index contributed by atoms with van der Waals surface area (Å²) in [5.74, 6) is 0.311. The summed E-state index contributed by atoms with van der Waals surface area (Å²) in [6.45, 7) is 2.09. The minimum absolute atomic E-state index is 0.174. The molecule has 0 bridgehead atoms. The molecule has 0 aliphatic rings. The normalized spacial score (nSPS) is 10.1. The van der Waals surface area contributed by atoms with Gasteiger partial charge in [-0.2, -0.15) is 0 Å². The first-order valence-corrected chi connectivity index (χ1v) is 5.57. The van der Waals surface area contributed by atoms with Crippen LogP contribution in [0.3, 0.4) is 0 Å². The molecule has 0 radical (unpaired) electrons. The van der Waals surface area contributed by atoms with Crippen molar-refractivity contribution in [2.75, 3.05) is 0 Å². The molecule has 0 unspecified atom stereocenters. The molecule has 0 saturated heterocycles. The number of hydrogen-bond acceptors (Lipinski definition) is 5. The Kier molecular flexibility index (Phi) is 3.78. The summed E-state index contributed by atoms with van der Waals surface area (Å²) in [6, 6.07) is 1.73. The molecule has 0 aliphatic carbocycles. The van der Waals surface area contributed by atoms with E-state index in [-0.39, 0.29) is 16.8 Å². The first-order chi connectivity index (χ1) is 8.65. The van der Waals surface area contributed by atoms with Gasteiger partial charge in [0, 0.05) is 6.20 Å². The Morgan fingerprint density at radius 1 is 1.39 bits per heavy atom. The van der Waals surface area contributed by atoms with E-state index in [0.717, 1.165) is 5.69 Å². The van der Waals surface area contributed by atoms with Gasteiger partial charge in [0.1, 0.15) is 16.7 Å². The first-order valence-electron chi connectivity index (χ1n) is 5.19. The molecule has 92 valence electrons. The fraction of sp³-hybridized carbons (Fsp3) is 0.182. The molecule has 0 fully saturated rings. The van der Waals surface area contributed by atoms with E-state index in [1.807, 2.05) is 0 Å². The second-order valence-corrected chi connectivity index (χ2v) is 3.89. The van der Waals surface area contributed by atoms with Gasteiger partial charge in [0.15, 0.2) is 0 Å². The molecule has 0 saturated carbocycles. The number of carbonyl (C=O) groups excluding carboxylic acids is 1. The van der Waals surface area contributed by atoms with Gasteiger partial charge < -0.3 is 5.32 Å². The Morgan fingerprint density at radius 3 is 2.94 bits per heavy atom. The van der Waals surface area contributed by atoms with Crippen LogP contribution in [0.4, 0.5) is 0 Å². The van der Waals surface area contributed by atoms with Crippen LogP contribution in [-0.4, -0.2) is 25.8 Å². The summed E-state index contributed by atoms with van der Waals surface area (Å²) >= 11 is 5.65. The molecule has 2 aromatic rings. The predicted octanol–water partition coefficient (Wildman–Crippen LogP) is 1.16. The smallest absolute Gasteiger partial charge is 0.271 e. The minimum Gasteiger partial charge on any atom is -0.345 e. The number of nitrogens with one attached hydrogen (secondary N) is 1. The SMILES string of the molecule is Cc1nccc(CNC(=O)c2cncc(Cl)n2)n1. The fourth-order valence-corrected chi connectivity index (χ4v) is 1.46. The lowest BCUT2D eigenvalue weighted by Gasteiger charge is -2.04. The van der Waals surface area contributed by atoms with Crippen LogP contribution in [0.2, 0.25) is 5.15 Å². The van der Waals surface area contributed by atoms with E-state index in [4.69, 9.17) is 11.6 Å². The highest BCUT2D eigenvalue weighted by atomic mass is 35.5. The van der Waals surface area contributed by atoms with E-state index >= 15 is 0 Å². The molecule has 2 rings (SSSR count). The zero-order valence-corrected chi connectivity index (χ0v) is 10.3. The van der Waals surface area contributed by atoms with E-state index in [9.17, 15) is 4.79 Å². The molecular formula is C11H10ClN5O. The van der Waals surface area contributed by atoms with Crippen LogP contribution in [0, 0.1) is 6.92 Å². The third-order valence-electron chi connectivity index (χ3n) is 2.10. The average molecular weight is 264 g/mol. The Morgan fingerprint density at radius 2 is 2.22 bits per heavy atom. The lowest BCUT2D eigenvalue weighted by Crippen LogP contribution is -2.24. The number of aryl methyl sites for hydroxylation is 1. The average Bonchev–Trinajstić information content (AvgIpc) is 2.36. The Balaban J connectivity index is 2.00. The number of rotatable bonds is 3. The molecule has 0 aliphatic heterocycles. The third kappa shape index (κ3) is 3.21. The number of amides is 1. The van der Waals surface area contributed by atoms with Gasteiger partial charge in [-0.15, -0.1) is 0 Å². The molecule has 0 spiro atoms. The molecular weight excluding hydrogens is 254 g/mol. The van der Waals surface area contributed by atoms with E-state index in [1.165, 1.54) is 12.4 Å². The molecule has 1 N–H and O–H groups in total. The summed E-state index contributed by atoms with van der Waals surface area (Å²) < 4.78 is 0. The highest BCUT2D eigenvalue weighted by molar-refractivity contribution is 6.29. The largest absolute Gasteiger partial charge is 0.345 e. The van der Waals surface area contributed by atoms with Gasteiger partial charge in [-0.05, 0) is 13.0 Å². The van der Waals surface area contributed by atoms with Crippen LogP contribution in [0.25, 0.3) is 0 Å². The standard InChI is InChI=1S/C11H10ClN5O/c1-7-14-3-2-8(16-7)4-15-11(18)9-5-13-6-10(12)17-9/h2-3,5-6H,4H2,1H3,(H,15,18). The third-order valence-corrected chi connectivity index (χ3v) is 2.28. The monoisotopic (exact) mass is 263 g/mol. The van der Waals surface area contributed by atoms with Crippen molar-refractivity contribution in [1.82, 2.24) is 25.3 Å². The van der Waals surface area contributed by atoms with Gasteiger partial charge in [-0.25, -0.2) is 15.0 Å². The predicted molar refractivity (Wildman–Crippen MR) is 65.0 cm³/mol. The molecule has 0 atom stereocenters. The van der Waals surface area contributed by atoms with Crippen LogP contribution >= 0.6 is 11.6 Å². The minimum atomic E-state index is -0.346. The van der Waals surface area contributed by atoms with Crippen LogP contribution in [-0.2, 0) is 6.54 Å². The van der Waals surface area contributed by atoms with E-state index < -0.39 is 0 Å². The number of hydrogen-bond donors (Lipinski definition) is 1. The van der Waals surface area contributed by atoms with Gasteiger partial charge in [0.25, 0.3) is 5.91 Å². The molecule has 2 aromatic heterocycles. The van der Waals surface area contributed by atoms with Crippen molar-refractivity contribution in [3.05, 3.63) is 47.0 Å². The maximum absolute atomic E-state index is 11.7. The molecule has 7 heteroatoms.